The monoisotopic (exact) mass is 228 g/mol. The first kappa shape index (κ1) is 11.0. The van der Waals surface area contributed by atoms with Gasteiger partial charge in [-0.05, 0) is 27.7 Å². The first-order chi connectivity index (χ1) is 7.46. The van der Waals surface area contributed by atoms with Gasteiger partial charge in [-0.3, -0.25) is 0 Å². The van der Waals surface area contributed by atoms with Crippen LogP contribution in [0.5, 0.6) is 0 Å². The van der Waals surface area contributed by atoms with Gasteiger partial charge in [0.2, 0.25) is 0 Å². The van der Waals surface area contributed by atoms with Crippen molar-refractivity contribution in [1.82, 2.24) is 0 Å². The van der Waals surface area contributed by atoms with Gasteiger partial charge >= 0.3 is 0 Å². The van der Waals surface area contributed by atoms with Gasteiger partial charge in [0.1, 0.15) is 18.3 Å². The van der Waals surface area contributed by atoms with Gasteiger partial charge in [0, 0.05) is 6.42 Å². The number of hydrogen-bond acceptors (Lipinski definition) is 4. The third-order valence-corrected chi connectivity index (χ3v) is 3.66. The molecule has 0 aromatic heterocycles. The summed E-state index contributed by atoms with van der Waals surface area (Å²) in [4.78, 5) is 0. The molecular weight excluding hydrogens is 208 g/mol. The van der Waals surface area contributed by atoms with Crippen molar-refractivity contribution < 1.29 is 18.9 Å². The Kier molecular flexibility index (Phi) is 2.34. The van der Waals surface area contributed by atoms with E-state index >= 15 is 0 Å². The summed E-state index contributed by atoms with van der Waals surface area (Å²) in [6, 6.07) is 0. The highest BCUT2D eigenvalue weighted by molar-refractivity contribution is 5.01. The lowest BCUT2D eigenvalue weighted by atomic mass is 9.95. The zero-order valence-corrected chi connectivity index (χ0v) is 10.3. The third kappa shape index (κ3) is 1.59. The predicted molar refractivity (Wildman–Crippen MR) is 57.1 cm³/mol. The predicted octanol–water partition coefficient (Wildman–Crippen LogP) is 1.47. The molecule has 3 saturated heterocycles. The Morgan fingerprint density at radius 3 is 2.38 bits per heavy atom. The van der Waals surface area contributed by atoms with Crippen LogP contribution >= 0.6 is 0 Å². The Balaban J connectivity index is 1.84. The minimum Gasteiger partial charge on any atom is -0.370 e. The van der Waals surface area contributed by atoms with Crippen LogP contribution in [0.25, 0.3) is 0 Å². The Morgan fingerprint density at radius 1 is 0.938 bits per heavy atom. The van der Waals surface area contributed by atoms with Crippen molar-refractivity contribution in [3.8, 4) is 0 Å². The van der Waals surface area contributed by atoms with Crippen molar-refractivity contribution in [1.29, 1.82) is 0 Å². The van der Waals surface area contributed by atoms with Crippen molar-refractivity contribution >= 4 is 0 Å². The van der Waals surface area contributed by atoms with E-state index in [0.29, 0.717) is 0 Å². The van der Waals surface area contributed by atoms with E-state index in [2.05, 4.69) is 13.8 Å². The summed E-state index contributed by atoms with van der Waals surface area (Å²) in [5.74, 6) is -0.517. The van der Waals surface area contributed by atoms with Crippen LogP contribution in [0.4, 0.5) is 0 Å². The molecule has 3 fully saturated rings. The highest BCUT2D eigenvalue weighted by Gasteiger charge is 2.56. The standard InChI is InChI=1S/C12H20O4/c1-6-5-8-10(13-6)11-9(7(2)14-8)15-12(3,4)16-11/h6-11H,5H2,1-4H3. The van der Waals surface area contributed by atoms with Crippen LogP contribution in [0.15, 0.2) is 0 Å². The van der Waals surface area contributed by atoms with Crippen LogP contribution in [0, 0.1) is 0 Å². The lowest BCUT2D eigenvalue weighted by Crippen LogP contribution is -2.53. The second kappa shape index (κ2) is 3.42. The molecule has 0 radical (unpaired) electrons. The van der Waals surface area contributed by atoms with E-state index in [1.165, 1.54) is 0 Å². The van der Waals surface area contributed by atoms with Crippen LogP contribution in [0.2, 0.25) is 0 Å². The topological polar surface area (TPSA) is 36.9 Å². The van der Waals surface area contributed by atoms with E-state index in [9.17, 15) is 0 Å². The van der Waals surface area contributed by atoms with Crippen LogP contribution in [-0.2, 0) is 18.9 Å². The molecule has 0 N–H and O–H groups in total. The third-order valence-electron chi connectivity index (χ3n) is 3.66. The Morgan fingerprint density at radius 2 is 1.62 bits per heavy atom. The fraction of sp³-hybridized carbons (Fsp3) is 1.00. The van der Waals surface area contributed by atoms with E-state index in [-0.39, 0.29) is 36.6 Å². The van der Waals surface area contributed by atoms with Gasteiger partial charge in [-0.15, -0.1) is 0 Å². The highest BCUT2D eigenvalue weighted by atomic mass is 16.8. The number of hydrogen-bond donors (Lipinski definition) is 0. The molecule has 4 nitrogen and oxygen atoms in total. The van der Waals surface area contributed by atoms with E-state index in [1.54, 1.807) is 0 Å². The van der Waals surface area contributed by atoms with E-state index in [1.807, 2.05) is 13.8 Å². The zero-order chi connectivity index (χ0) is 11.5. The molecule has 3 aliphatic heterocycles. The van der Waals surface area contributed by atoms with Gasteiger partial charge in [-0.2, -0.15) is 0 Å². The second-order valence-corrected chi connectivity index (χ2v) is 5.59. The zero-order valence-electron chi connectivity index (χ0n) is 10.3. The van der Waals surface area contributed by atoms with Crippen LogP contribution in [-0.4, -0.2) is 42.4 Å². The molecule has 0 spiro atoms. The van der Waals surface area contributed by atoms with Gasteiger partial charge in [0.25, 0.3) is 0 Å². The Hall–Kier alpha value is -0.160. The summed E-state index contributed by atoms with van der Waals surface area (Å²) < 4.78 is 23.7. The maximum atomic E-state index is 5.96. The number of fused-ring (bicyclic) bond motifs is 3. The average molecular weight is 228 g/mol. The smallest absolute Gasteiger partial charge is 0.164 e. The molecule has 3 aliphatic rings. The lowest BCUT2D eigenvalue weighted by Gasteiger charge is -2.37. The van der Waals surface area contributed by atoms with Gasteiger partial charge in [-0.25, -0.2) is 0 Å². The highest BCUT2D eigenvalue weighted by Crippen LogP contribution is 2.42. The molecule has 6 atom stereocenters. The first-order valence-corrected chi connectivity index (χ1v) is 6.13. The Bertz CT molecular complexity index is 291. The molecule has 0 saturated carbocycles. The normalized spacial score (nSPS) is 54.8. The van der Waals surface area contributed by atoms with Crippen molar-refractivity contribution in [2.75, 3.05) is 0 Å². The molecule has 4 heteroatoms. The summed E-state index contributed by atoms with van der Waals surface area (Å²) >= 11 is 0. The average Bonchev–Trinajstić information content (AvgIpc) is 2.65. The molecule has 0 aromatic rings. The fourth-order valence-electron chi connectivity index (χ4n) is 3.08. The molecule has 6 unspecified atom stereocenters. The van der Waals surface area contributed by atoms with Crippen LogP contribution in [0.3, 0.4) is 0 Å². The lowest BCUT2D eigenvalue weighted by molar-refractivity contribution is -0.167. The maximum absolute atomic E-state index is 5.96. The quantitative estimate of drug-likeness (QED) is 0.629. The molecular formula is C12H20O4. The first-order valence-electron chi connectivity index (χ1n) is 6.13. The molecule has 0 aromatic carbocycles. The van der Waals surface area contributed by atoms with E-state index in [4.69, 9.17) is 18.9 Å². The summed E-state index contributed by atoms with van der Waals surface area (Å²) in [5.41, 5.74) is 0. The second-order valence-electron chi connectivity index (χ2n) is 5.59. The Labute approximate surface area is 96.2 Å². The summed E-state index contributed by atoms with van der Waals surface area (Å²) in [7, 11) is 0. The van der Waals surface area contributed by atoms with Crippen LogP contribution < -0.4 is 0 Å². The van der Waals surface area contributed by atoms with Crippen molar-refractivity contribution in [3.63, 3.8) is 0 Å². The molecule has 0 aliphatic carbocycles. The van der Waals surface area contributed by atoms with Gasteiger partial charge in [0.15, 0.2) is 5.79 Å². The van der Waals surface area contributed by atoms with Gasteiger partial charge in [0.05, 0.1) is 18.3 Å². The van der Waals surface area contributed by atoms with Gasteiger partial charge < -0.3 is 18.9 Å². The van der Waals surface area contributed by atoms with Crippen molar-refractivity contribution in [3.05, 3.63) is 0 Å². The minimum atomic E-state index is -0.517. The maximum Gasteiger partial charge on any atom is 0.164 e. The van der Waals surface area contributed by atoms with E-state index < -0.39 is 5.79 Å². The molecule has 0 amide bonds. The van der Waals surface area contributed by atoms with E-state index in [0.717, 1.165) is 6.42 Å². The summed E-state index contributed by atoms with van der Waals surface area (Å²) in [5, 5.41) is 0. The molecule has 16 heavy (non-hydrogen) atoms. The van der Waals surface area contributed by atoms with Crippen molar-refractivity contribution in [2.24, 2.45) is 0 Å². The van der Waals surface area contributed by atoms with Gasteiger partial charge in [-0.1, -0.05) is 0 Å². The minimum absolute atomic E-state index is 0.00144. The summed E-state index contributed by atoms with van der Waals surface area (Å²) in [6.45, 7) is 8.04. The fourth-order valence-corrected chi connectivity index (χ4v) is 3.08. The van der Waals surface area contributed by atoms with Crippen LogP contribution in [0.1, 0.15) is 34.1 Å². The molecule has 3 heterocycles. The number of ether oxygens (including phenoxy) is 4. The number of rotatable bonds is 0. The van der Waals surface area contributed by atoms with Crippen molar-refractivity contribution in [2.45, 2.75) is 76.5 Å². The largest absolute Gasteiger partial charge is 0.370 e. The molecule has 92 valence electrons. The SMILES string of the molecule is CC1CC2OC(C)C3OC(C)(C)OC3C2O1. The molecule has 3 rings (SSSR count). The summed E-state index contributed by atoms with van der Waals surface area (Å²) in [6.07, 6.45) is 1.54. The molecule has 0 bridgehead atoms.